The zero-order valence-corrected chi connectivity index (χ0v) is 14.6. The number of hydrogen-bond donors (Lipinski definition) is 2. The first-order valence-corrected chi connectivity index (χ1v) is 8.17. The Labute approximate surface area is 137 Å². The summed E-state index contributed by atoms with van der Waals surface area (Å²) in [6.07, 6.45) is 1.79. The summed E-state index contributed by atoms with van der Waals surface area (Å²) < 4.78 is 9.17. The lowest BCUT2D eigenvalue weighted by Gasteiger charge is -2.14. The van der Waals surface area contributed by atoms with E-state index in [-0.39, 0.29) is 0 Å². The molecule has 0 fully saturated rings. The van der Waals surface area contributed by atoms with Gasteiger partial charge in [-0.25, -0.2) is 4.68 Å². The van der Waals surface area contributed by atoms with Gasteiger partial charge in [-0.1, -0.05) is 29.8 Å². The molecule has 7 heteroatoms. The van der Waals surface area contributed by atoms with Gasteiger partial charge in [0.25, 0.3) is 0 Å². The number of ether oxygens (including phenoxy) is 1. The van der Waals surface area contributed by atoms with E-state index in [1.54, 1.807) is 4.68 Å². The van der Waals surface area contributed by atoms with Gasteiger partial charge in [0.15, 0.2) is 5.82 Å². The van der Waals surface area contributed by atoms with Gasteiger partial charge in [0.2, 0.25) is 4.77 Å². The van der Waals surface area contributed by atoms with Gasteiger partial charge in [-0.05, 0) is 36.8 Å². The fourth-order valence-corrected chi connectivity index (χ4v) is 2.56. The highest BCUT2D eigenvalue weighted by Crippen LogP contribution is 2.23. The van der Waals surface area contributed by atoms with Crippen LogP contribution >= 0.6 is 28.1 Å². The van der Waals surface area contributed by atoms with Gasteiger partial charge in [0.1, 0.15) is 5.75 Å². The van der Waals surface area contributed by atoms with Crippen LogP contribution in [0.15, 0.2) is 22.7 Å². The molecule has 0 radical (unpaired) electrons. The number of rotatable bonds is 7. The molecule has 1 aromatic carbocycles. The lowest BCUT2D eigenvalue weighted by molar-refractivity contribution is 0.314. The minimum atomic E-state index is 0.567. The number of halogens is 1. The van der Waals surface area contributed by atoms with E-state index in [0.29, 0.717) is 17.9 Å². The van der Waals surface area contributed by atoms with Gasteiger partial charge < -0.3 is 10.2 Å². The highest BCUT2D eigenvalue weighted by Gasteiger charge is 2.07. The first kappa shape index (κ1) is 16.0. The Kier molecular flexibility index (Phi) is 5.81. The van der Waals surface area contributed by atoms with E-state index in [0.717, 1.165) is 34.5 Å². The molecule has 0 unspecified atom stereocenters. The predicted molar refractivity (Wildman–Crippen MR) is 89.8 cm³/mol. The maximum absolute atomic E-state index is 5.78. The third-order valence-electron chi connectivity index (χ3n) is 2.97. The summed E-state index contributed by atoms with van der Waals surface area (Å²) in [6, 6.07) is 6.01. The number of hydrogen-bond acceptors (Lipinski definition) is 4. The van der Waals surface area contributed by atoms with Crippen LogP contribution in [0, 0.1) is 4.77 Å². The summed E-state index contributed by atoms with van der Waals surface area (Å²) >= 11 is 8.72. The molecule has 114 valence electrons. The highest BCUT2D eigenvalue weighted by molar-refractivity contribution is 9.10. The maximum Gasteiger partial charge on any atom is 0.214 e. The van der Waals surface area contributed by atoms with E-state index in [1.807, 2.05) is 25.1 Å². The van der Waals surface area contributed by atoms with Crippen LogP contribution in [0.3, 0.4) is 0 Å². The molecule has 2 rings (SSSR count). The zero-order valence-electron chi connectivity index (χ0n) is 12.1. The third-order valence-corrected chi connectivity index (χ3v) is 3.74. The van der Waals surface area contributed by atoms with Crippen LogP contribution in [0.2, 0.25) is 0 Å². The second-order valence-electron chi connectivity index (χ2n) is 4.57. The quantitative estimate of drug-likeness (QED) is 0.727. The van der Waals surface area contributed by atoms with Crippen LogP contribution in [0.25, 0.3) is 0 Å². The van der Waals surface area contributed by atoms with Gasteiger partial charge in [0, 0.05) is 16.5 Å². The molecular weight excluding hydrogens is 352 g/mol. The summed E-state index contributed by atoms with van der Waals surface area (Å²) in [4.78, 5) is 0. The molecule has 2 aromatic rings. The number of benzene rings is 1. The van der Waals surface area contributed by atoms with E-state index in [2.05, 4.69) is 38.5 Å². The molecule has 1 heterocycles. The molecule has 0 aliphatic rings. The Balaban J connectivity index is 2.16. The van der Waals surface area contributed by atoms with E-state index in [1.165, 1.54) is 0 Å². The van der Waals surface area contributed by atoms with Crippen molar-refractivity contribution in [2.75, 3.05) is 12.0 Å². The lowest BCUT2D eigenvalue weighted by Crippen LogP contribution is -2.18. The van der Waals surface area contributed by atoms with Crippen molar-refractivity contribution in [1.29, 1.82) is 0 Å². The number of H-pyrrole nitrogens is 1. The second-order valence-corrected chi connectivity index (χ2v) is 5.87. The number of nitrogens with one attached hydrogen (secondary N) is 2. The molecule has 2 N–H and O–H groups in total. The Morgan fingerprint density at radius 1 is 1.43 bits per heavy atom. The van der Waals surface area contributed by atoms with E-state index < -0.39 is 0 Å². The molecule has 5 nitrogen and oxygen atoms in total. The summed E-state index contributed by atoms with van der Waals surface area (Å²) in [5, 5.41) is 6.98. The van der Waals surface area contributed by atoms with Gasteiger partial charge in [-0.15, -0.1) is 0 Å². The zero-order chi connectivity index (χ0) is 15.2. The topological polar surface area (TPSA) is 54.9 Å². The van der Waals surface area contributed by atoms with Crippen molar-refractivity contribution in [3.63, 3.8) is 0 Å². The molecule has 0 bridgehead atoms. The molecule has 0 spiro atoms. The molecule has 0 atom stereocenters. The minimum Gasteiger partial charge on any atom is -0.493 e. The smallest absolute Gasteiger partial charge is 0.214 e. The molecular formula is C14H19BrN4OS. The highest BCUT2D eigenvalue weighted by atomic mass is 79.9. The second kappa shape index (κ2) is 7.61. The molecule has 0 saturated heterocycles. The average Bonchev–Trinajstić information content (AvgIpc) is 2.84. The minimum absolute atomic E-state index is 0.567. The summed E-state index contributed by atoms with van der Waals surface area (Å²) in [7, 11) is 0. The summed E-state index contributed by atoms with van der Waals surface area (Å²) in [5.41, 5.74) is 4.36. The summed E-state index contributed by atoms with van der Waals surface area (Å²) in [6.45, 7) is 5.45. The lowest BCUT2D eigenvalue weighted by atomic mass is 10.2. The van der Waals surface area contributed by atoms with Crippen molar-refractivity contribution >= 4 is 28.1 Å². The van der Waals surface area contributed by atoms with Crippen LogP contribution in [0.5, 0.6) is 5.75 Å². The Bertz CT molecular complexity index is 653. The fraction of sp³-hybridized carbons (Fsp3) is 0.429. The number of aryl methyl sites for hydroxylation is 1. The van der Waals surface area contributed by atoms with Crippen molar-refractivity contribution in [1.82, 2.24) is 14.9 Å². The van der Waals surface area contributed by atoms with Crippen LogP contribution in [0.4, 0.5) is 0 Å². The molecule has 1 aromatic heterocycles. The summed E-state index contributed by atoms with van der Waals surface area (Å²) in [5.74, 6) is 1.77. The SMILES string of the molecule is CCCOc1ccc(Br)cc1CNn1c(CC)n[nH]c1=S. The van der Waals surface area contributed by atoms with Gasteiger partial charge in [-0.3, -0.25) is 5.10 Å². The molecule has 0 saturated carbocycles. The number of aromatic amines is 1. The first-order chi connectivity index (χ1) is 10.2. The van der Waals surface area contributed by atoms with Crippen LogP contribution in [0.1, 0.15) is 31.7 Å². The Morgan fingerprint density at radius 2 is 2.24 bits per heavy atom. The van der Waals surface area contributed by atoms with Crippen molar-refractivity contribution in [2.45, 2.75) is 33.2 Å². The van der Waals surface area contributed by atoms with Gasteiger partial charge >= 0.3 is 0 Å². The number of nitrogens with zero attached hydrogens (tertiary/aromatic N) is 2. The van der Waals surface area contributed by atoms with E-state index >= 15 is 0 Å². The van der Waals surface area contributed by atoms with Crippen molar-refractivity contribution in [3.05, 3.63) is 38.8 Å². The molecule has 0 aliphatic heterocycles. The van der Waals surface area contributed by atoms with E-state index in [4.69, 9.17) is 17.0 Å². The van der Waals surface area contributed by atoms with Crippen LogP contribution in [-0.4, -0.2) is 21.5 Å². The molecule has 0 aliphatic carbocycles. The van der Waals surface area contributed by atoms with Crippen molar-refractivity contribution < 1.29 is 4.74 Å². The fourth-order valence-electron chi connectivity index (χ4n) is 1.93. The van der Waals surface area contributed by atoms with E-state index in [9.17, 15) is 0 Å². The molecule has 21 heavy (non-hydrogen) atoms. The molecule has 0 amide bonds. The third kappa shape index (κ3) is 4.07. The van der Waals surface area contributed by atoms with Gasteiger partial charge in [0.05, 0.1) is 13.2 Å². The maximum atomic E-state index is 5.78. The largest absolute Gasteiger partial charge is 0.493 e. The predicted octanol–water partition coefficient (Wildman–Crippen LogP) is 3.80. The van der Waals surface area contributed by atoms with Gasteiger partial charge in [-0.2, -0.15) is 5.10 Å². The average molecular weight is 371 g/mol. The Hall–Kier alpha value is -1.34. The van der Waals surface area contributed by atoms with Crippen molar-refractivity contribution in [2.24, 2.45) is 0 Å². The van der Waals surface area contributed by atoms with Crippen molar-refractivity contribution in [3.8, 4) is 5.75 Å². The van der Waals surface area contributed by atoms with Crippen LogP contribution < -0.4 is 10.2 Å². The standard InChI is InChI=1S/C14H19BrN4OS/c1-3-7-20-12-6-5-11(15)8-10(12)9-16-19-13(4-2)17-18-14(19)21/h5-6,8,16H,3-4,7,9H2,1-2H3,(H,18,21). The van der Waals surface area contributed by atoms with Crippen LogP contribution in [-0.2, 0) is 13.0 Å². The number of aromatic nitrogens is 3. The normalized spacial score (nSPS) is 10.6. The Morgan fingerprint density at radius 3 is 2.95 bits per heavy atom. The monoisotopic (exact) mass is 370 g/mol. The first-order valence-electron chi connectivity index (χ1n) is 6.97.